The Labute approximate surface area is 309 Å². The van der Waals surface area contributed by atoms with Gasteiger partial charge < -0.3 is 33.9 Å². The number of hydrogen-bond donors (Lipinski definition) is 2. The normalized spacial score (nSPS) is 10.3. The number of hydrogen-bond acceptors (Lipinski definition) is 11. The van der Waals surface area contributed by atoms with E-state index in [0.717, 1.165) is 35.7 Å². The van der Waals surface area contributed by atoms with Crippen LogP contribution in [-0.2, 0) is 51.8 Å². The Morgan fingerprint density at radius 1 is 0.792 bits per heavy atom. The second-order valence-corrected chi connectivity index (χ2v) is 9.77. The Balaban J connectivity index is -0.000000540. The molecule has 2 N–H and O–H groups in total. The number of esters is 1. The molecule has 3 rings (SSSR count). The number of phenolic OH excluding ortho intramolecular Hbond substituents is 1. The first-order valence-electron chi connectivity index (χ1n) is 14.4. The van der Waals surface area contributed by atoms with Gasteiger partial charge in [-0.3, -0.25) is 14.4 Å². The summed E-state index contributed by atoms with van der Waals surface area (Å²) in [6.07, 6.45) is 3.15. The van der Waals surface area contributed by atoms with Crippen LogP contribution in [-0.4, -0.2) is 74.9 Å². The predicted molar refractivity (Wildman–Crippen MR) is 180 cm³/mol. The maximum absolute atomic E-state index is 10.7. The maximum Gasteiger partial charge on any atom is 0.330 e. The predicted octanol–water partition coefficient (Wildman–Crippen LogP) is 6.16. The van der Waals surface area contributed by atoms with Crippen molar-refractivity contribution in [1.29, 1.82) is 0 Å². The van der Waals surface area contributed by atoms with E-state index in [4.69, 9.17) is 29.2 Å². The molecule has 11 nitrogen and oxygen atoms in total. The zero-order valence-corrected chi connectivity index (χ0v) is 31.8. The summed E-state index contributed by atoms with van der Waals surface area (Å²) in [6.45, 7) is 12.8. The van der Waals surface area contributed by atoms with Crippen molar-refractivity contribution in [3.63, 3.8) is 0 Å². The molecule has 0 aliphatic rings. The SMILES string of the molecule is C=CC(=O)OC(C)CC(C)OC.CC(C)O.COc1ccc(OC)c(C)c1.O=COc1ccc(C=O)cc1.O=Cc1ccc(O)cc1.[Y]. The second kappa shape index (κ2) is 30.4. The number of benzene rings is 3. The van der Waals surface area contributed by atoms with Crippen LogP contribution in [0.1, 0.15) is 60.4 Å². The van der Waals surface area contributed by atoms with Gasteiger partial charge in [-0.1, -0.05) is 6.58 Å². The van der Waals surface area contributed by atoms with E-state index in [1.54, 1.807) is 71.6 Å². The fourth-order valence-electron chi connectivity index (χ4n) is 3.07. The van der Waals surface area contributed by atoms with Crippen LogP contribution in [0.2, 0.25) is 0 Å². The van der Waals surface area contributed by atoms with E-state index in [0.29, 0.717) is 29.8 Å². The van der Waals surface area contributed by atoms with Crippen molar-refractivity contribution in [3.8, 4) is 23.0 Å². The Hall–Kier alpha value is -3.90. The van der Waals surface area contributed by atoms with Crippen molar-refractivity contribution in [2.75, 3.05) is 21.3 Å². The minimum Gasteiger partial charge on any atom is -0.508 e. The van der Waals surface area contributed by atoms with Crippen LogP contribution in [0.5, 0.6) is 23.0 Å². The fraction of sp³-hybridized carbons (Fsp3) is 0.333. The number of phenols is 1. The quantitative estimate of drug-likeness (QED) is 0.132. The summed E-state index contributed by atoms with van der Waals surface area (Å²) in [7, 11) is 4.95. The second-order valence-electron chi connectivity index (χ2n) is 9.77. The summed E-state index contributed by atoms with van der Waals surface area (Å²) in [5.74, 6) is 1.99. The van der Waals surface area contributed by atoms with Crippen molar-refractivity contribution < 1.29 is 85.8 Å². The molecule has 0 amide bonds. The Bertz CT molecular complexity index is 1290. The van der Waals surface area contributed by atoms with Crippen LogP contribution in [0.3, 0.4) is 0 Å². The molecule has 0 aliphatic heterocycles. The van der Waals surface area contributed by atoms with E-state index in [2.05, 4.69) is 11.3 Å². The topological polar surface area (TPSA) is 155 Å². The smallest absolute Gasteiger partial charge is 0.330 e. The van der Waals surface area contributed by atoms with E-state index in [-0.39, 0.29) is 62.7 Å². The molecule has 12 heteroatoms. The van der Waals surface area contributed by atoms with E-state index < -0.39 is 0 Å². The molecule has 0 saturated heterocycles. The maximum atomic E-state index is 10.7. The first-order valence-corrected chi connectivity index (χ1v) is 14.4. The van der Waals surface area contributed by atoms with Gasteiger partial charge in [-0.25, -0.2) is 4.79 Å². The van der Waals surface area contributed by atoms with Gasteiger partial charge in [-0.15, -0.1) is 0 Å². The Morgan fingerprint density at radius 3 is 1.65 bits per heavy atom. The number of aromatic hydroxyl groups is 1. The number of carbonyl (C=O) groups excluding carboxylic acids is 4. The number of carbonyl (C=O) groups is 4. The fourth-order valence-corrected chi connectivity index (χ4v) is 3.07. The summed E-state index contributed by atoms with van der Waals surface area (Å²) in [5, 5.41) is 16.8. The molecule has 3 aromatic carbocycles. The summed E-state index contributed by atoms with van der Waals surface area (Å²) in [5.41, 5.74) is 2.22. The number of aldehydes is 2. The van der Waals surface area contributed by atoms with E-state index >= 15 is 0 Å². The molecule has 0 aliphatic carbocycles. The van der Waals surface area contributed by atoms with Crippen molar-refractivity contribution in [2.24, 2.45) is 0 Å². The monoisotopic (exact) mass is 745 g/mol. The molecule has 48 heavy (non-hydrogen) atoms. The van der Waals surface area contributed by atoms with Gasteiger partial charge in [0.05, 0.1) is 20.3 Å². The molecule has 0 heterocycles. The number of methoxy groups -OCH3 is 3. The summed E-state index contributed by atoms with van der Waals surface area (Å²) >= 11 is 0. The van der Waals surface area contributed by atoms with Crippen molar-refractivity contribution in [1.82, 2.24) is 0 Å². The standard InChI is InChI=1S/C9H16O3.C9H12O2.C8H6O3.C7H6O2.C3H8O.Y/c1-5-9(10)12-8(3)6-7(2)11-4;1-7-6-8(10-2)4-5-9(7)11-3;9-5-7-1-3-8(4-2-7)11-6-10;8-5-6-1-3-7(9)4-2-6;1-3(2)4;/h5,7-8H,1,6H2,2-4H3;4-6H,1-3H3;1-6H;1-5,9H;3-4H,1-2H3;. The molecule has 1 radical (unpaired) electrons. The number of ether oxygens (including phenoxy) is 5. The average Bonchev–Trinajstić information content (AvgIpc) is 3.06. The molecule has 0 saturated carbocycles. The van der Waals surface area contributed by atoms with Gasteiger partial charge in [-0.05, 0) is 107 Å². The average molecular weight is 746 g/mol. The molecular weight excluding hydrogens is 697 g/mol. The van der Waals surface area contributed by atoms with Gasteiger partial charge >= 0.3 is 5.97 Å². The molecule has 3 aromatic rings. The molecule has 2 unspecified atom stereocenters. The number of rotatable bonds is 11. The molecular formula is C36H48O11Y. The molecule has 0 bridgehead atoms. The largest absolute Gasteiger partial charge is 0.508 e. The summed E-state index contributed by atoms with van der Waals surface area (Å²) in [6, 6.07) is 18.0. The third kappa shape index (κ3) is 26.2. The van der Waals surface area contributed by atoms with Crippen LogP contribution < -0.4 is 14.2 Å². The minimum atomic E-state index is -0.384. The summed E-state index contributed by atoms with van der Waals surface area (Å²) < 4.78 is 24.6. The third-order valence-electron chi connectivity index (χ3n) is 5.38. The van der Waals surface area contributed by atoms with Gasteiger partial charge in [0.2, 0.25) is 0 Å². The van der Waals surface area contributed by atoms with E-state index in [9.17, 15) is 19.2 Å². The van der Waals surface area contributed by atoms with Crippen LogP contribution in [0.4, 0.5) is 0 Å². The molecule has 2 atom stereocenters. The Morgan fingerprint density at radius 2 is 1.27 bits per heavy atom. The molecule has 0 aromatic heterocycles. The van der Waals surface area contributed by atoms with Crippen LogP contribution in [0.25, 0.3) is 0 Å². The minimum absolute atomic E-state index is 0. The number of aliphatic hydroxyl groups excluding tert-OH is 1. The van der Waals surface area contributed by atoms with Gasteiger partial charge in [0, 0.05) is 69.5 Å². The van der Waals surface area contributed by atoms with Gasteiger partial charge in [0.1, 0.15) is 41.7 Å². The van der Waals surface area contributed by atoms with Gasteiger partial charge in [0.15, 0.2) is 0 Å². The number of aliphatic hydroxyl groups is 1. The van der Waals surface area contributed by atoms with Crippen LogP contribution in [0, 0.1) is 6.92 Å². The summed E-state index contributed by atoms with van der Waals surface area (Å²) in [4.78, 5) is 40.7. The van der Waals surface area contributed by atoms with Gasteiger partial charge in [0.25, 0.3) is 6.47 Å². The van der Waals surface area contributed by atoms with Crippen LogP contribution >= 0.6 is 0 Å². The zero-order valence-electron chi connectivity index (χ0n) is 29.0. The molecule has 261 valence electrons. The van der Waals surface area contributed by atoms with Crippen molar-refractivity contribution in [2.45, 2.75) is 59.4 Å². The Kier molecular flexibility index (Phi) is 30.8. The van der Waals surface area contributed by atoms with E-state index in [1.807, 2.05) is 39.0 Å². The first-order chi connectivity index (χ1) is 22.3. The number of aryl methyl sites for hydroxylation is 1. The van der Waals surface area contributed by atoms with Crippen molar-refractivity contribution in [3.05, 3.63) is 96.1 Å². The van der Waals surface area contributed by atoms with Crippen molar-refractivity contribution >= 4 is 25.0 Å². The molecule has 0 spiro atoms. The van der Waals surface area contributed by atoms with Gasteiger partial charge in [-0.2, -0.15) is 0 Å². The van der Waals surface area contributed by atoms with Crippen LogP contribution in [0.15, 0.2) is 79.4 Å². The first kappa shape index (κ1) is 48.5. The van der Waals surface area contributed by atoms with E-state index in [1.165, 1.54) is 12.1 Å². The third-order valence-corrected chi connectivity index (χ3v) is 5.38. The molecule has 0 fully saturated rings. The zero-order chi connectivity index (χ0) is 36.2.